The second-order valence-electron chi connectivity index (χ2n) is 4.57. The molecule has 1 saturated heterocycles. The Morgan fingerprint density at radius 2 is 2.00 bits per heavy atom. The van der Waals surface area contributed by atoms with E-state index in [2.05, 4.69) is 26.1 Å². The van der Waals surface area contributed by atoms with Gasteiger partial charge in [-0.15, -0.1) is 0 Å². The van der Waals surface area contributed by atoms with Crippen LogP contribution in [0.3, 0.4) is 0 Å². The number of amides is 1. The zero-order valence-corrected chi connectivity index (χ0v) is 12.2. The number of hydrogen-bond acceptors (Lipinski definition) is 3. The molecule has 2 rings (SSSR count). The quantitative estimate of drug-likeness (QED) is 0.865. The van der Waals surface area contributed by atoms with Crippen molar-refractivity contribution in [2.75, 3.05) is 19.6 Å². The fraction of sp³-hybridized carbons (Fsp3) is 0.429. The second kappa shape index (κ2) is 6.69. The normalized spacial score (nSPS) is 16.8. The van der Waals surface area contributed by atoms with E-state index in [1.807, 2.05) is 30.3 Å². The monoisotopic (exact) mass is 321 g/mol. The van der Waals surface area contributed by atoms with Gasteiger partial charge in [0.15, 0.2) is 0 Å². The molecular formula is C14H16BrN3O. The molecule has 1 aliphatic heterocycles. The molecule has 0 unspecified atom stereocenters. The molecule has 19 heavy (non-hydrogen) atoms. The zero-order valence-electron chi connectivity index (χ0n) is 10.6. The summed E-state index contributed by atoms with van der Waals surface area (Å²) in [5.74, 6) is -0.0919. The molecule has 1 aliphatic rings. The van der Waals surface area contributed by atoms with Gasteiger partial charge in [0.2, 0.25) is 5.91 Å². The Kier molecular flexibility index (Phi) is 4.94. The lowest BCUT2D eigenvalue weighted by atomic mass is 10.0. The molecule has 100 valence electrons. The number of benzene rings is 1. The SMILES string of the molecule is N#CCNC(=O)[C@H](c1ccc(Br)cc1)N1CCCC1. The van der Waals surface area contributed by atoms with Gasteiger partial charge in [0.05, 0.1) is 6.07 Å². The van der Waals surface area contributed by atoms with Crippen LogP contribution in [0.2, 0.25) is 0 Å². The number of likely N-dealkylation sites (tertiary alicyclic amines) is 1. The molecular weight excluding hydrogens is 306 g/mol. The van der Waals surface area contributed by atoms with Gasteiger partial charge in [-0.3, -0.25) is 9.69 Å². The highest BCUT2D eigenvalue weighted by molar-refractivity contribution is 9.10. The van der Waals surface area contributed by atoms with Crippen molar-refractivity contribution in [3.05, 3.63) is 34.3 Å². The van der Waals surface area contributed by atoms with Gasteiger partial charge in [-0.2, -0.15) is 5.26 Å². The summed E-state index contributed by atoms with van der Waals surface area (Å²) in [6.07, 6.45) is 2.25. The smallest absolute Gasteiger partial charge is 0.242 e. The van der Waals surface area contributed by atoms with Crippen LogP contribution in [0.25, 0.3) is 0 Å². The third-order valence-electron chi connectivity index (χ3n) is 3.28. The van der Waals surface area contributed by atoms with E-state index in [9.17, 15) is 4.79 Å². The van der Waals surface area contributed by atoms with E-state index in [0.717, 1.165) is 36.0 Å². The van der Waals surface area contributed by atoms with Crippen molar-refractivity contribution in [2.45, 2.75) is 18.9 Å². The van der Waals surface area contributed by atoms with Gasteiger partial charge in [-0.05, 0) is 43.6 Å². The first-order valence-corrected chi connectivity index (χ1v) is 7.16. The Labute approximate surface area is 121 Å². The molecule has 1 atom stereocenters. The average Bonchev–Trinajstić information content (AvgIpc) is 2.93. The second-order valence-corrected chi connectivity index (χ2v) is 5.49. The summed E-state index contributed by atoms with van der Waals surface area (Å²) in [5, 5.41) is 11.3. The number of nitrogens with one attached hydrogen (secondary N) is 1. The summed E-state index contributed by atoms with van der Waals surface area (Å²) in [7, 11) is 0. The Hall–Kier alpha value is -1.38. The molecule has 1 amide bonds. The molecule has 0 aliphatic carbocycles. The summed E-state index contributed by atoms with van der Waals surface area (Å²) in [6, 6.07) is 9.45. The molecule has 1 aromatic rings. The van der Waals surface area contributed by atoms with Crippen molar-refractivity contribution < 1.29 is 4.79 Å². The first-order chi connectivity index (χ1) is 9.22. The Bertz CT molecular complexity index is 474. The van der Waals surface area contributed by atoms with Gasteiger partial charge in [0.25, 0.3) is 0 Å². The molecule has 0 spiro atoms. The van der Waals surface area contributed by atoms with Gasteiger partial charge in [0.1, 0.15) is 12.6 Å². The van der Waals surface area contributed by atoms with Crippen LogP contribution < -0.4 is 5.32 Å². The maximum atomic E-state index is 12.3. The lowest BCUT2D eigenvalue weighted by Gasteiger charge is -2.26. The maximum absolute atomic E-state index is 12.3. The van der Waals surface area contributed by atoms with E-state index in [1.54, 1.807) is 0 Å². The van der Waals surface area contributed by atoms with E-state index in [1.165, 1.54) is 0 Å². The van der Waals surface area contributed by atoms with E-state index >= 15 is 0 Å². The topological polar surface area (TPSA) is 56.1 Å². The third kappa shape index (κ3) is 3.55. The van der Waals surface area contributed by atoms with E-state index in [4.69, 9.17) is 5.26 Å². The summed E-state index contributed by atoms with van der Waals surface area (Å²) in [5.41, 5.74) is 0.973. The average molecular weight is 322 g/mol. The largest absolute Gasteiger partial charge is 0.341 e. The van der Waals surface area contributed by atoms with Gasteiger partial charge in [-0.1, -0.05) is 28.1 Å². The molecule has 4 nitrogen and oxygen atoms in total. The molecule has 1 heterocycles. The van der Waals surface area contributed by atoms with Crippen LogP contribution in [0.15, 0.2) is 28.7 Å². The highest BCUT2D eigenvalue weighted by atomic mass is 79.9. The van der Waals surface area contributed by atoms with Crippen LogP contribution >= 0.6 is 15.9 Å². The van der Waals surface area contributed by atoms with Crippen molar-refractivity contribution in [1.82, 2.24) is 10.2 Å². The Morgan fingerprint density at radius 1 is 1.37 bits per heavy atom. The number of hydrogen-bond donors (Lipinski definition) is 1. The number of halogens is 1. The number of nitriles is 1. The molecule has 5 heteroatoms. The van der Waals surface area contributed by atoms with Crippen LogP contribution in [0.4, 0.5) is 0 Å². The number of carbonyl (C=O) groups is 1. The highest BCUT2D eigenvalue weighted by Gasteiger charge is 2.29. The van der Waals surface area contributed by atoms with Crippen LogP contribution in [0.5, 0.6) is 0 Å². The van der Waals surface area contributed by atoms with E-state index in [0.29, 0.717) is 0 Å². The van der Waals surface area contributed by atoms with Gasteiger partial charge < -0.3 is 5.32 Å². The van der Waals surface area contributed by atoms with Gasteiger partial charge >= 0.3 is 0 Å². The number of nitrogens with zero attached hydrogens (tertiary/aromatic N) is 2. The fourth-order valence-corrected chi connectivity index (χ4v) is 2.66. The molecule has 1 N–H and O–H groups in total. The minimum Gasteiger partial charge on any atom is -0.341 e. The minimum absolute atomic E-state index is 0.0553. The summed E-state index contributed by atoms with van der Waals surface area (Å²) in [4.78, 5) is 14.4. The standard InChI is InChI=1S/C14H16BrN3O/c15-12-5-3-11(4-6-12)13(14(19)17-8-7-16)18-9-1-2-10-18/h3-6,13H,1-2,8-10H2,(H,17,19)/t13-/m0/s1. The molecule has 0 radical (unpaired) electrons. The van der Waals surface area contributed by atoms with Crippen molar-refractivity contribution in [1.29, 1.82) is 5.26 Å². The third-order valence-corrected chi connectivity index (χ3v) is 3.81. The van der Waals surface area contributed by atoms with Crippen molar-refractivity contribution in [2.24, 2.45) is 0 Å². The lowest BCUT2D eigenvalue weighted by molar-refractivity contribution is -0.126. The summed E-state index contributed by atoms with van der Waals surface area (Å²) in [6.45, 7) is 1.92. The van der Waals surface area contributed by atoms with Crippen molar-refractivity contribution in [3.63, 3.8) is 0 Å². The van der Waals surface area contributed by atoms with Crippen LogP contribution in [-0.4, -0.2) is 30.4 Å². The lowest BCUT2D eigenvalue weighted by Crippen LogP contribution is -2.39. The minimum atomic E-state index is -0.288. The Morgan fingerprint density at radius 3 is 2.58 bits per heavy atom. The molecule has 0 aromatic heterocycles. The molecule has 1 fully saturated rings. The Balaban J connectivity index is 2.20. The van der Waals surface area contributed by atoms with Crippen LogP contribution in [0, 0.1) is 11.3 Å². The number of rotatable bonds is 4. The van der Waals surface area contributed by atoms with E-state index < -0.39 is 0 Å². The molecule has 0 bridgehead atoms. The first kappa shape index (κ1) is 14.0. The molecule has 0 saturated carbocycles. The maximum Gasteiger partial charge on any atom is 0.242 e. The van der Waals surface area contributed by atoms with Crippen LogP contribution in [-0.2, 0) is 4.79 Å². The molecule has 1 aromatic carbocycles. The van der Waals surface area contributed by atoms with Crippen molar-refractivity contribution in [3.8, 4) is 6.07 Å². The fourth-order valence-electron chi connectivity index (χ4n) is 2.40. The highest BCUT2D eigenvalue weighted by Crippen LogP contribution is 2.26. The van der Waals surface area contributed by atoms with Gasteiger partial charge in [0, 0.05) is 4.47 Å². The van der Waals surface area contributed by atoms with Crippen LogP contribution in [0.1, 0.15) is 24.4 Å². The van der Waals surface area contributed by atoms with Gasteiger partial charge in [-0.25, -0.2) is 0 Å². The number of carbonyl (C=O) groups excluding carboxylic acids is 1. The predicted octanol–water partition coefficient (Wildman–Crippen LogP) is 2.23. The van der Waals surface area contributed by atoms with Crippen molar-refractivity contribution >= 4 is 21.8 Å². The summed E-state index contributed by atoms with van der Waals surface area (Å²) < 4.78 is 0.994. The summed E-state index contributed by atoms with van der Waals surface area (Å²) >= 11 is 3.40. The predicted molar refractivity (Wildman–Crippen MR) is 76.3 cm³/mol. The first-order valence-electron chi connectivity index (χ1n) is 6.36. The van der Waals surface area contributed by atoms with E-state index in [-0.39, 0.29) is 18.5 Å². The zero-order chi connectivity index (χ0) is 13.7.